The molecule has 0 unspecified atom stereocenters. The van der Waals surface area contributed by atoms with Crippen LogP contribution in [0.1, 0.15) is 39.2 Å². The van der Waals surface area contributed by atoms with Gasteiger partial charge in [0.25, 0.3) is 5.69 Å². The first kappa shape index (κ1) is 18.0. The molecule has 0 atom stereocenters. The Kier molecular flexibility index (Phi) is 5.31. The summed E-state index contributed by atoms with van der Waals surface area (Å²) in [5.41, 5.74) is 1.23. The Hall–Kier alpha value is -2.31. The second-order valence-corrected chi connectivity index (χ2v) is 7.05. The molecule has 1 saturated heterocycles. The van der Waals surface area contributed by atoms with Gasteiger partial charge in [-0.05, 0) is 39.7 Å². The van der Waals surface area contributed by atoms with E-state index in [4.69, 9.17) is 4.74 Å². The lowest BCUT2D eigenvalue weighted by Gasteiger charge is -2.31. The molecule has 0 N–H and O–H groups in total. The maximum atomic E-state index is 12.2. The van der Waals surface area contributed by atoms with Crippen molar-refractivity contribution in [1.82, 2.24) is 4.90 Å². The molecule has 1 heterocycles. The van der Waals surface area contributed by atoms with Crippen molar-refractivity contribution in [1.29, 1.82) is 0 Å². The van der Waals surface area contributed by atoms with Gasteiger partial charge < -0.3 is 14.5 Å². The summed E-state index contributed by atoms with van der Waals surface area (Å²) in [6.07, 6.45) is 1.76. The Morgan fingerprint density at radius 2 is 1.96 bits per heavy atom. The van der Waals surface area contributed by atoms with Crippen LogP contribution in [0.25, 0.3) is 0 Å². The molecular weight excluding hydrogens is 310 g/mol. The lowest BCUT2D eigenvalue weighted by atomic mass is 10.1. The zero-order valence-electron chi connectivity index (χ0n) is 14.7. The van der Waals surface area contributed by atoms with E-state index in [1.54, 1.807) is 13.1 Å². The largest absolute Gasteiger partial charge is 0.444 e. The summed E-state index contributed by atoms with van der Waals surface area (Å²) in [6, 6.07) is 4.75. The minimum absolute atomic E-state index is 0.00757. The van der Waals surface area contributed by atoms with Gasteiger partial charge in [0.05, 0.1) is 4.92 Å². The summed E-state index contributed by atoms with van der Waals surface area (Å²) >= 11 is 0. The summed E-state index contributed by atoms with van der Waals surface area (Å²) in [5.74, 6) is 0. The molecule has 0 aliphatic carbocycles. The molecule has 7 heteroatoms. The van der Waals surface area contributed by atoms with Gasteiger partial charge in [0.1, 0.15) is 6.61 Å². The monoisotopic (exact) mass is 335 g/mol. The predicted octanol–water partition coefficient (Wildman–Crippen LogP) is 3.56. The highest BCUT2D eigenvalue weighted by atomic mass is 16.6. The van der Waals surface area contributed by atoms with Crippen LogP contribution in [0.2, 0.25) is 0 Å². The summed E-state index contributed by atoms with van der Waals surface area (Å²) in [5, 5.41) is 11.0. The number of ether oxygens (including phenoxy) is 1. The third-order valence-electron chi connectivity index (χ3n) is 4.35. The van der Waals surface area contributed by atoms with Gasteiger partial charge in [-0.25, -0.2) is 4.79 Å². The van der Waals surface area contributed by atoms with E-state index in [2.05, 4.69) is 4.90 Å². The minimum Gasteiger partial charge on any atom is -0.444 e. The van der Waals surface area contributed by atoms with E-state index in [-0.39, 0.29) is 17.8 Å². The van der Waals surface area contributed by atoms with Gasteiger partial charge >= 0.3 is 6.09 Å². The number of hydrogen-bond acceptors (Lipinski definition) is 5. The average Bonchev–Trinajstić information content (AvgIpc) is 3.04. The minimum atomic E-state index is -0.443. The number of nitro benzene ring substituents is 1. The van der Waals surface area contributed by atoms with Crippen molar-refractivity contribution in [2.45, 2.75) is 45.8 Å². The molecule has 0 saturated carbocycles. The fourth-order valence-corrected chi connectivity index (χ4v) is 2.58. The van der Waals surface area contributed by atoms with Crippen LogP contribution in [0.4, 0.5) is 16.2 Å². The van der Waals surface area contributed by atoms with Crippen LogP contribution in [-0.4, -0.2) is 41.6 Å². The zero-order valence-corrected chi connectivity index (χ0v) is 14.7. The first-order chi connectivity index (χ1) is 11.2. The molecule has 1 fully saturated rings. The maximum Gasteiger partial charge on any atom is 0.410 e. The first-order valence-electron chi connectivity index (χ1n) is 8.13. The van der Waals surface area contributed by atoms with Crippen LogP contribution in [0, 0.1) is 10.1 Å². The van der Waals surface area contributed by atoms with Gasteiger partial charge in [0.15, 0.2) is 0 Å². The SMILES string of the molecule is CN(C(=O)OCc1cc([N+](=O)[O-])ccc1N1CCCC1)C(C)(C)C. The Morgan fingerprint density at radius 3 is 2.50 bits per heavy atom. The van der Waals surface area contributed by atoms with Gasteiger partial charge in [-0.15, -0.1) is 0 Å². The molecule has 0 spiro atoms. The predicted molar refractivity (Wildman–Crippen MR) is 92.2 cm³/mol. The number of anilines is 1. The summed E-state index contributed by atoms with van der Waals surface area (Å²) in [4.78, 5) is 26.5. The number of nitro groups is 1. The second kappa shape index (κ2) is 7.07. The molecule has 24 heavy (non-hydrogen) atoms. The quantitative estimate of drug-likeness (QED) is 0.621. The lowest BCUT2D eigenvalue weighted by molar-refractivity contribution is -0.384. The Bertz CT molecular complexity index is 619. The van der Waals surface area contributed by atoms with Crippen LogP contribution in [0.15, 0.2) is 18.2 Å². The standard InChI is InChI=1S/C17H25N3O4/c1-17(2,3)18(4)16(21)24-12-13-11-14(20(22)23)7-8-15(13)19-9-5-6-10-19/h7-8,11H,5-6,9-10,12H2,1-4H3. The number of benzene rings is 1. The van der Waals surface area contributed by atoms with Crippen LogP contribution in [-0.2, 0) is 11.3 Å². The molecule has 1 aromatic carbocycles. The van der Waals surface area contributed by atoms with E-state index in [1.807, 2.05) is 20.8 Å². The molecule has 132 valence electrons. The fourth-order valence-electron chi connectivity index (χ4n) is 2.58. The molecule has 0 bridgehead atoms. The molecule has 1 amide bonds. The fraction of sp³-hybridized carbons (Fsp3) is 0.588. The first-order valence-corrected chi connectivity index (χ1v) is 8.13. The summed E-state index contributed by atoms with van der Waals surface area (Å²) < 4.78 is 5.39. The van der Waals surface area contributed by atoms with Crippen molar-refractivity contribution in [2.24, 2.45) is 0 Å². The molecule has 0 aromatic heterocycles. The molecule has 1 aliphatic heterocycles. The average molecular weight is 335 g/mol. The van der Waals surface area contributed by atoms with Crippen LogP contribution in [0.3, 0.4) is 0 Å². The van der Waals surface area contributed by atoms with Crippen molar-refractivity contribution in [2.75, 3.05) is 25.0 Å². The topological polar surface area (TPSA) is 75.9 Å². The third-order valence-corrected chi connectivity index (χ3v) is 4.35. The Labute approximate surface area is 142 Å². The number of amides is 1. The highest BCUT2D eigenvalue weighted by Gasteiger charge is 2.25. The van der Waals surface area contributed by atoms with Crippen LogP contribution in [0.5, 0.6) is 0 Å². The van der Waals surface area contributed by atoms with Crippen molar-refractivity contribution in [3.63, 3.8) is 0 Å². The van der Waals surface area contributed by atoms with Crippen molar-refractivity contribution < 1.29 is 14.5 Å². The molecular formula is C17H25N3O4. The molecule has 0 radical (unpaired) electrons. The number of rotatable bonds is 4. The molecule has 1 aliphatic rings. The Morgan fingerprint density at radius 1 is 1.33 bits per heavy atom. The third kappa shape index (κ3) is 4.15. The van der Waals surface area contributed by atoms with Crippen molar-refractivity contribution >= 4 is 17.5 Å². The number of hydrogen-bond donors (Lipinski definition) is 0. The lowest BCUT2D eigenvalue weighted by Crippen LogP contribution is -2.42. The molecule has 2 rings (SSSR count). The van der Waals surface area contributed by atoms with Gasteiger partial charge in [-0.3, -0.25) is 10.1 Å². The highest BCUT2D eigenvalue weighted by molar-refractivity contribution is 5.68. The highest BCUT2D eigenvalue weighted by Crippen LogP contribution is 2.29. The summed E-state index contributed by atoms with van der Waals surface area (Å²) in [7, 11) is 1.68. The van der Waals surface area contributed by atoms with E-state index in [9.17, 15) is 14.9 Å². The maximum absolute atomic E-state index is 12.2. The number of non-ortho nitro benzene ring substituents is 1. The van der Waals surface area contributed by atoms with E-state index in [0.717, 1.165) is 31.6 Å². The van der Waals surface area contributed by atoms with E-state index in [1.165, 1.54) is 17.0 Å². The summed E-state index contributed by atoms with van der Waals surface area (Å²) in [6.45, 7) is 7.60. The van der Waals surface area contributed by atoms with Gasteiger partial charge in [-0.2, -0.15) is 0 Å². The van der Waals surface area contributed by atoms with Crippen LogP contribution < -0.4 is 4.90 Å². The van der Waals surface area contributed by atoms with Gasteiger partial charge in [-0.1, -0.05) is 0 Å². The number of carbonyl (C=O) groups excluding carboxylic acids is 1. The number of carbonyl (C=O) groups is 1. The van der Waals surface area contributed by atoms with E-state index >= 15 is 0 Å². The number of nitrogens with zero attached hydrogens (tertiary/aromatic N) is 3. The molecule has 7 nitrogen and oxygen atoms in total. The normalized spacial score (nSPS) is 14.6. The zero-order chi connectivity index (χ0) is 17.9. The van der Waals surface area contributed by atoms with Gasteiger partial charge in [0, 0.05) is 49.1 Å². The second-order valence-electron chi connectivity index (χ2n) is 7.05. The van der Waals surface area contributed by atoms with Crippen LogP contribution >= 0.6 is 0 Å². The molecule has 1 aromatic rings. The van der Waals surface area contributed by atoms with Crippen molar-refractivity contribution in [3.05, 3.63) is 33.9 Å². The van der Waals surface area contributed by atoms with Gasteiger partial charge in [0.2, 0.25) is 0 Å². The van der Waals surface area contributed by atoms with Crippen molar-refractivity contribution in [3.8, 4) is 0 Å². The van der Waals surface area contributed by atoms with E-state index < -0.39 is 11.0 Å². The smallest absolute Gasteiger partial charge is 0.410 e. The Balaban J connectivity index is 2.18. The van der Waals surface area contributed by atoms with E-state index in [0.29, 0.717) is 5.56 Å².